The highest BCUT2D eigenvalue weighted by Crippen LogP contribution is 2.34. The number of pyridine rings is 1. The first-order valence-corrected chi connectivity index (χ1v) is 10.2. The summed E-state index contributed by atoms with van der Waals surface area (Å²) in [6, 6.07) is 7.87. The Morgan fingerprint density at radius 1 is 1.10 bits per heavy atom. The van der Waals surface area contributed by atoms with E-state index in [1.165, 1.54) is 0 Å². The van der Waals surface area contributed by atoms with Crippen LogP contribution in [-0.4, -0.2) is 21.5 Å². The van der Waals surface area contributed by atoms with E-state index in [-0.39, 0.29) is 10.9 Å². The van der Waals surface area contributed by atoms with Gasteiger partial charge in [0.1, 0.15) is 27.4 Å². The topological polar surface area (TPSA) is 59.9 Å². The number of alkyl halides is 3. The third-order valence-corrected chi connectivity index (χ3v) is 5.01. The number of anilines is 1. The zero-order chi connectivity index (χ0) is 22.6. The molecular weight excluding hydrogens is 452 g/mol. The molecule has 0 unspecified atom stereocenters. The molecule has 1 N–H and O–H groups in total. The number of rotatable bonds is 7. The van der Waals surface area contributed by atoms with Crippen molar-refractivity contribution in [3.63, 3.8) is 0 Å². The Morgan fingerprint density at radius 2 is 1.81 bits per heavy atom. The van der Waals surface area contributed by atoms with E-state index in [1.54, 1.807) is 12.1 Å². The second-order valence-corrected chi connectivity index (χ2v) is 7.45. The number of aryl methyl sites for hydroxylation is 2. The van der Waals surface area contributed by atoms with E-state index in [0.717, 1.165) is 23.7 Å². The minimum absolute atomic E-state index is 0.0930. The van der Waals surface area contributed by atoms with E-state index in [1.807, 2.05) is 26.0 Å². The van der Waals surface area contributed by atoms with Crippen molar-refractivity contribution in [3.8, 4) is 11.6 Å². The SMILES string of the molecule is CCc1nc(C)nc(NCCc2ccc(Oc3ncc(C(F)(F)F)cc3Cl)cc2)c1Cl. The van der Waals surface area contributed by atoms with Gasteiger partial charge >= 0.3 is 6.18 Å². The fraction of sp³-hybridized carbons (Fsp3) is 0.286. The number of hydrogen-bond donors (Lipinski definition) is 1. The quantitative estimate of drug-likeness (QED) is 0.426. The number of halogens is 5. The lowest BCUT2D eigenvalue weighted by Crippen LogP contribution is -2.09. The zero-order valence-electron chi connectivity index (χ0n) is 16.7. The fourth-order valence-corrected chi connectivity index (χ4v) is 3.27. The predicted molar refractivity (Wildman–Crippen MR) is 114 cm³/mol. The molecule has 0 radical (unpaired) electrons. The van der Waals surface area contributed by atoms with Gasteiger partial charge in [-0.15, -0.1) is 0 Å². The lowest BCUT2D eigenvalue weighted by atomic mass is 10.1. The fourth-order valence-electron chi connectivity index (χ4n) is 2.78. The van der Waals surface area contributed by atoms with Crippen molar-refractivity contribution in [3.05, 3.63) is 69.2 Å². The maximum Gasteiger partial charge on any atom is 0.417 e. The number of nitrogens with one attached hydrogen (secondary N) is 1. The van der Waals surface area contributed by atoms with Crippen LogP contribution in [0.2, 0.25) is 10.0 Å². The van der Waals surface area contributed by atoms with Gasteiger partial charge in [-0.25, -0.2) is 15.0 Å². The molecule has 0 fully saturated rings. The molecular formula is C21H19Cl2F3N4O. The summed E-state index contributed by atoms with van der Waals surface area (Å²) in [6.07, 6.45) is -2.42. The first-order valence-electron chi connectivity index (χ1n) is 9.43. The molecule has 2 heterocycles. The largest absolute Gasteiger partial charge is 0.438 e. The van der Waals surface area contributed by atoms with Crippen LogP contribution in [0.4, 0.5) is 19.0 Å². The van der Waals surface area contributed by atoms with Gasteiger partial charge in [-0.1, -0.05) is 42.3 Å². The van der Waals surface area contributed by atoms with E-state index in [0.29, 0.717) is 41.6 Å². The average molecular weight is 471 g/mol. The molecule has 3 aromatic rings. The Morgan fingerprint density at radius 3 is 2.42 bits per heavy atom. The average Bonchev–Trinajstić information content (AvgIpc) is 2.72. The molecule has 2 aromatic heterocycles. The van der Waals surface area contributed by atoms with Crippen molar-refractivity contribution in [2.24, 2.45) is 0 Å². The number of hydrogen-bond acceptors (Lipinski definition) is 5. The molecule has 164 valence electrons. The van der Waals surface area contributed by atoms with Gasteiger partial charge in [0.05, 0.1) is 11.3 Å². The van der Waals surface area contributed by atoms with Gasteiger partial charge in [-0.3, -0.25) is 0 Å². The van der Waals surface area contributed by atoms with E-state index >= 15 is 0 Å². The lowest BCUT2D eigenvalue weighted by molar-refractivity contribution is -0.137. The summed E-state index contributed by atoms with van der Waals surface area (Å²) in [5.41, 5.74) is 0.885. The van der Waals surface area contributed by atoms with E-state index < -0.39 is 11.7 Å². The smallest absolute Gasteiger partial charge is 0.417 e. The molecule has 0 saturated carbocycles. The third kappa shape index (κ3) is 5.98. The Balaban J connectivity index is 1.59. The summed E-state index contributed by atoms with van der Waals surface area (Å²) in [7, 11) is 0. The molecule has 0 bridgehead atoms. The first-order chi connectivity index (χ1) is 14.7. The van der Waals surface area contributed by atoms with E-state index in [4.69, 9.17) is 27.9 Å². The Kier molecular flexibility index (Phi) is 7.23. The summed E-state index contributed by atoms with van der Waals surface area (Å²) in [4.78, 5) is 12.3. The van der Waals surface area contributed by atoms with Crippen LogP contribution in [0.25, 0.3) is 0 Å². The standard InChI is InChI=1S/C21H19Cl2F3N4O/c1-3-17-18(23)19(30-12(2)29-17)27-9-8-13-4-6-15(7-5-13)31-20-16(22)10-14(11-28-20)21(24,25)26/h4-7,10-11H,3,8-9H2,1-2H3,(H,27,29,30). The molecule has 0 amide bonds. The number of aromatic nitrogens is 3. The number of ether oxygens (including phenoxy) is 1. The molecule has 0 aliphatic carbocycles. The van der Waals surface area contributed by atoms with Crippen LogP contribution in [0.3, 0.4) is 0 Å². The predicted octanol–water partition coefficient (Wildman–Crippen LogP) is 6.51. The van der Waals surface area contributed by atoms with Crippen molar-refractivity contribution in [1.82, 2.24) is 15.0 Å². The summed E-state index contributed by atoms with van der Waals surface area (Å²) in [5.74, 6) is 1.58. The van der Waals surface area contributed by atoms with Crippen LogP contribution in [0.5, 0.6) is 11.6 Å². The highest BCUT2D eigenvalue weighted by atomic mass is 35.5. The van der Waals surface area contributed by atoms with Crippen LogP contribution in [0.1, 0.15) is 29.6 Å². The van der Waals surface area contributed by atoms with E-state index in [9.17, 15) is 13.2 Å². The van der Waals surface area contributed by atoms with E-state index in [2.05, 4.69) is 20.3 Å². The molecule has 10 heteroatoms. The molecule has 0 saturated heterocycles. The van der Waals surface area contributed by atoms with Crippen molar-refractivity contribution in [2.45, 2.75) is 32.9 Å². The Hall–Kier alpha value is -2.58. The maximum absolute atomic E-state index is 12.7. The highest BCUT2D eigenvalue weighted by Gasteiger charge is 2.31. The van der Waals surface area contributed by atoms with Crippen LogP contribution in [0.15, 0.2) is 36.5 Å². The summed E-state index contributed by atoms with van der Waals surface area (Å²) in [6.45, 7) is 4.40. The second kappa shape index (κ2) is 9.70. The van der Waals surface area contributed by atoms with Gasteiger partial charge in [-0.05, 0) is 43.5 Å². The van der Waals surface area contributed by atoms with Crippen molar-refractivity contribution in [1.29, 1.82) is 0 Å². The molecule has 5 nitrogen and oxygen atoms in total. The van der Waals surface area contributed by atoms with Crippen molar-refractivity contribution >= 4 is 29.0 Å². The lowest BCUT2D eigenvalue weighted by Gasteiger charge is -2.12. The van der Waals surface area contributed by atoms with Crippen LogP contribution < -0.4 is 10.1 Å². The summed E-state index contributed by atoms with van der Waals surface area (Å²) in [5, 5.41) is 3.53. The number of nitrogens with zero attached hydrogens (tertiary/aromatic N) is 3. The van der Waals surface area contributed by atoms with Gasteiger partial charge < -0.3 is 10.1 Å². The van der Waals surface area contributed by atoms with Crippen LogP contribution in [-0.2, 0) is 19.0 Å². The molecule has 31 heavy (non-hydrogen) atoms. The first kappa shape index (κ1) is 23.1. The van der Waals surface area contributed by atoms with Gasteiger partial charge in [0.25, 0.3) is 0 Å². The minimum Gasteiger partial charge on any atom is -0.438 e. The molecule has 0 aliphatic rings. The zero-order valence-corrected chi connectivity index (χ0v) is 18.2. The van der Waals surface area contributed by atoms with Crippen molar-refractivity contribution in [2.75, 3.05) is 11.9 Å². The second-order valence-electron chi connectivity index (χ2n) is 6.67. The van der Waals surface area contributed by atoms with Gasteiger partial charge in [0.15, 0.2) is 0 Å². The Labute approximate surface area is 187 Å². The summed E-state index contributed by atoms with van der Waals surface area (Å²) < 4.78 is 43.6. The van der Waals surface area contributed by atoms with Gasteiger partial charge in [-0.2, -0.15) is 13.2 Å². The minimum atomic E-state index is -4.52. The van der Waals surface area contributed by atoms with Gasteiger partial charge in [0, 0.05) is 12.7 Å². The monoisotopic (exact) mass is 470 g/mol. The van der Waals surface area contributed by atoms with Crippen molar-refractivity contribution < 1.29 is 17.9 Å². The maximum atomic E-state index is 12.7. The molecule has 1 aromatic carbocycles. The summed E-state index contributed by atoms with van der Waals surface area (Å²) >= 11 is 12.2. The van der Waals surface area contributed by atoms with Crippen LogP contribution >= 0.6 is 23.2 Å². The molecule has 0 atom stereocenters. The Bertz CT molecular complexity index is 1060. The van der Waals surface area contributed by atoms with Crippen LogP contribution in [0, 0.1) is 6.92 Å². The highest BCUT2D eigenvalue weighted by molar-refractivity contribution is 6.33. The molecule has 0 aliphatic heterocycles. The third-order valence-electron chi connectivity index (χ3n) is 4.35. The van der Waals surface area contributed by atoms with Gasteiger partial charge in [0.2, 0.25) is 5.88 Å². The number of benzene rings is 1. The molecule has 0 spiro atoms. The normalized spacial score (nSPS) is 11.5. The molecule has 3 rings (SSSR count).